The molecule has 5 N–H and O–H groups in total. The number of thioether (sulfide) groups is 1. The minimum atomic E-state index is -1.63. The van der Waals surface area contributed by atoms with E-state index in [-0.39, 0.29) is 61.5 Å². The summed E-state index contributed by atoms with van der Waals surface area (Å²) in [5.74, 6) is -9.04. The van der Waals surface area contributed by atoms with E-state index in [9.17, 15) is 29.1 Å². The van der Waals surface area contributed by atoms with E-state index in [4.69, 9.17) is 0 Å². The number of amides is 11. The lowest BCUT2D eigenvalue weighted by molar-refractivity contribution is -0.157. The van der Waals surface area contributed by atoms with Crippen LogP contribution in [0, 0.1) is 41.4 Å². The van der Waals surface area contributed by atoms with Crippen LogP contribution >= 0.6 is 11.8 Å². The standard InChI is InChI=1S/C69H126N12O12S/c1-27-31-32-46(17)58(82)57-62(86)72-49(28-2)64(88)78(24)54(39-94-34-33-81(29-3)30-4)67(91)74(20)51(36-41(7)8)61(85)73-55(44(13)14)68(92)75(21)50(35-40(5)6)60(84)70-47(18)59(83)71-48(19)63(87)76(22)52(37-42(9)10)65(89)77(23)53(38-43(11)12)66(90)79(25)56(45(15)16)69(93)80(57)26/h27,31,40-58,82H,28-30,32-39H2,1-26H3,(H,70,84)(H,71,83)(H,72,86)(H,73,85)/b31-27+/t46-,47+,48+,49+,50+,51+,52+,53+,54+,55+,56+,57+,58-/m1/s1. The van der Waals surface area contributed by atoms with E-state index in [0.717, 1.165) is 18.0 Å². The van der Waals surface area contributed by atoms with Gasteiger partial charge in [0.05, 0.1) is 6.10 Å². The second-order valence-corrected chi connectivity index (χ2v) is 29.6. The van der Waals surface area contributed by atoms with Crippen LogP contribution in [0.25, 0.3) is 0 Å². The zero-order valence-corrected chi connectivity index (χ0v) is 63.1. The number of aliphatic hydroxyl groups excluding tert-OH is 1. The summed E-state index contributed by atoms with van der Waals surface area (Å²) in [5, 5.41) is 23.5. The van der Waals surface area contributed by atoms with Gasteiger partial charge < -0.3 is 65.6 Å². The molecular weight excluding hydrogens is 1220 g/mol. The minimum Gasteiger partial charge on any atom is -0.390 e. The summed E-state index contributed by atoms with van der Waals surface area (Å²) < 4.78 is 0. The van der Waals surface area contributed by atoms with Crippen molar-refractivity contribution in [2.75, 3.05) is 80.5 Å². The molecule has 1 fully saturated rings. The van der Waals surface area contributed by atoms with Gasteiger partial charge in [-0.15, -0.1) is 0 Å². The Kier molecular flexibility index (Phi) is 37.3. The van der Waals surface area contributed by atoms with Crippen molar-refractivity contribution in [1.29, 1.82) is 0 Å². The third kappa shape index (κ3) is 24.7. The first-order valence-corrected chi connectivity index (χ1v) is 35.4. The third-order valence-electron chi connectivity index (χ3n) is 18.1. The van der Waals surface area contributed by atoms with Crippen molar-refractivity contribution in [3.63, 3.8) is 0 Å². The van der Waals surface area contributed by atoms with Gasteiger partial charge in [0, 0.05) is 67.4 Å². The van der Waals surface area contributed by atoms with Gasteiger partial charge in [-0.05, 0) is 114 Å². The number of rotatable bonds is 22. The molecule has 0 aromatic rings. The van der Waals surface area contributed by atoms with E-state index >= 15 is 28.8 Å². The number of likely N-dealkylation sites (N-methyl/N-ethyl adjacent to an activating group) is 7. The molecule has 0 radical (unpaired) electrons. The number of carbonyl (C=O) groups excluding carboxylic acids is 11. The van der Waals surface area contributed by atoms with Gasteiger partial charge in [0.1, 0.15) is 66.5 Å². The van der Waals surface area contributed by atoms with Crippen molar-refractivity contribution >= 4 is 76.7 Å². The fourth-order valence-electron chi connectivity index (χ4n) is 11.9. The second kappa shape index (κ2) is 40.7. The molecule has 11 amide bonds. The third-order valence-corrected chi connectivity index (χ3v) is 19.1. The largest absolute Gasteiger partial charge is 0.390 e. The fraction of sp³-hybridized carbons (Fsp3) is 0.812. The Balaban J connectivity index is 4.55. The molecule has 1 saturated heterocycles. The smallest absolute Gasteiger partial charge is 0.246 e. The molecule has 0 unspecified atom stereocenters. The summed E-state index contributed by atoms with van der Waals surface area (Å²) in [6.07, 6.45) is 3.01. The number of hydrogen-bond acceptors (Lipinski definition) is 14. The zero-order valence-electron chi connectivity index (χ0n) is 62.3. The molecule has 0 bridgehead atoms. The van der Waals surface area contributed by atoms with Crippen molar-refractivity contribution in [3.8, 4) is 0 Å². The first-order chi connectivity index (χ1) is 43.6. The molecule has 13 atom stereocenters. The first-order valence-electron chi connectivity index (χ1n) is 34.3. The van der Waals surface area contributed by atoms with Crippen molar-refractivity contribution < 1.29 is 57.8 Å². The van der Waals surface area contributed by atoms with Gasteiger partial charge in [0.2, 0.25) is 65.0 Å². The Morgan fingerprint density at radius 3 is 1.31 bits per heavy atom. The van der Waals surface area contributed by atoms with Gasteiger partial charge in [-0.2, -0.15) is 11.8 Å². The summed E-state index contributed by atoms with van der Waals surface area (Å²) in [7, 11) is 10.1. The van der Waals surface area contributed by atoms with Gasteiger partial charge in [-0.25, -0.2) is 0 Å². The number of aliphatic hydroxyl groups is 1. The van der Waals surface area contributed by atoms with Crippen molar-refractivity contribution in [3.05, 3.63) is 12.2 Å². The van der Waals surface area contributed by atoms with Gasteiger partial charge in [0.25, 0.3) is 0 Å². The molecule has 1 heterocycles. The number of nitrogens with one attached hydrogen (secondary N) is 4. The fourth-order valence-corrected chi connectivity index (χ4v) is 13.1. The molecule has 1 aliphatic heterocycles. The van der Waals surface area contributed by atoms with Crippen LogP contribution in [0.3, 0.4) is 0 Å². The Labute approximate surface area is 569 Å². The summed E-state index contributed by atoms with van der Waals surface area (Å²) in [6.45, 7) is 36.5. The number of carbonyl (C=O) groups is 11. The maximum absolute atomic E-state index is 15.4. The summed E-state index contributed by atoms with van der Waals surface area (Å²) in [6, 6.07) is -13.7. The maximum Gasteiger partial charge on any atom is 0.246 e. The summed E-state index contributed by atoms with van der Waals surface area (Å²) in [4.78, 5) is 175. The molecule has 24 nitrogen and oxygen atoms in total. The minimum absolute atomic E-state index is 0.0108. The van der Waals surface area contributed by atoms with E-state index in [1.165, 1.54) is 104 Å². The second-order valence-electron chi connectivity index (χ2n) is 28.4. The predicted octanol–water partition coefficient (Wildman–Crippen LogP) is 4.71. The van der Waals surface area contributed by atoms with E-state index in [1.54, 1.807) is 47.6 Å². The summed E-state index contributed by atoms with van der Waals surface area (Å²) in [5.41, 5.74) is 0. The van der Waals surface area contributed by atoms with Gasteiger partial charge in [0.15, 0.2) is 0 Å². The highest BCUT2D eigenvalue weighted by molar-refractivity contribution is 7.99. The first kappa shape index (κ1) is 86.2. The molecule has 0 aromatic carbocycles. The highest BCUT2D eigenvalue weighted by Crippen LogP contribution is 2.26. The SMILES string of the molecule is C/C=C/C[C@@H](C)[C@@H](O)[C@H]1C(=O)N[C@@H](CC)C(=O)N(C)[C@@H](CSCCN(CC)CC)C(=O)N(C)[C@@H](CC(C)C)C(=O)N[C@@H](C(C)C)C(=O)N(C)[C@@H](CC(C)C)C(=O)N[C@@H](C)C(=O)N[C@@H](C)C(=O)N(C)[C@@H](CC(C)C)C(=O)N(C)[C@@H](CC(C)C)C(=O)N(C)[C@@H](C(C)C)C(=O)N1C. The molecule has 25 heteroatoms. The number of allylic oxidation sites excluding steroid dienone is 2. The van der Waals surface area contributed by atoms with Crippen molar-refractivity contribution in [2.24, 2.45) is 41.4 Å². The molecule has 0 spiro atoms. The molecule has 540 valence electrons. The van der Waals surface area contributed by atoms with Crippen molar-refractivity contribution in [2.45, 2.75) is 243 Å². The highest BCUT2D eigenvalue weighted by Gasteiger charge is 2.46. The van der Waals surface area contributed by atoms with Gasteiger partial charge in [-0.1, -0.05) is 123 Å². The lowest BCUT2D eigenvalue weighted by atomic mass is 9.91. The van der Waals surface area contributed by atoms with Crippen LogP contribution in [0.15, 0.2) is 12.2 Å². The van der Waals surface area contributed by atoms with Crippen LogP contribution in [0.2, 0.25) is 0 Å². The van der Waals surface area contributed by atoms with Crippen LogP contribution in [-0.4, -0.2) is 262 Å². The highest BCUT2D eigenvalue weighted by atomic mass is 32.2. The Bertz CT molecular complexity index is 2530. The monoisotopic (exact) mass is 1350 g/mol. The molecule has 1 rings (SSSR count). The lowest BCUT2D eigenvalue weighted by Gasteiger charge is -2.41. The van der Waals surface area contributed by atoms with Crippen molar-refractivity contribution in [1.82, 2.24) is 60.5 Å². The van der Waals surface area contributed by atoms with E-state index in [1.807, 2.05) is 82.2 Å². The summed E-state index contributed by atoms with van der Waals surface area (Å²) >= 11 is 1.44. The van der Waals surface area contributed by atoms with E-state index in [2.05, 4.69) is 26.2 Å². The van der Waals surface area contributed by atoms with Crippen LogP contribution in [-0.2, 0) is 52.7 Å². The topological polar surface area (TPSA) is 282 Å². The molecule has 1 aliphatic rings. The molecular formula is C69H126N12O12S. The normalized spacial score (nSPS) is 26.3. The van der Waals surface area contributed by atoms with Crippen LogP contribution in [0.1, 0.15) is 170 Å². The number of nitrogens with zero attached hydrogens (tertiary/aromatic N) is 8. The quantitative estimate of drug-likeness (QED) is 0.0726. The Hall–Kier alpha value is -5.82. The van der Waals surface area contributed by atoms with Crippen LogP contribution in [0.5, 0.6) is 0 Å². The average Bonchev–Trinajstić information content (AvgIpc) is 0.858. The lowest BCUT2D eigenvalue weighted by Crippen LogP contribution is -2.64. The molecule has 0 aromatic heterocycles. The van der Waals surface area contributed by atoms with Crippen LogP contribution in [0.4, 0.5) is 0 Å². The van der Waals surface area contributed by atoms with E-state index < -0.39 is 155 Å². The van der Waals surface area contributed by atoms with Crippen LogP contribution < -0.4 is 21.3 Å². The maximum atomic E-state index is 15.4. The van der Waals surface area contributed by atoms with Gasteiger partial charge in [-0.3, -0.25) is 52.7 Å². The van der Waals surface area contributed by atoms with Gasteiger partial charge >= 0.3 is 0 Å². The molecule has 94 heavy (non-hydrogen) atoms. The number of hydrogen-bond donors (Lipinski definition) is 5. The van der Waals surface area contributed by atoms with E-state index in [0.29, 0.717) is 18.7 Å². The Morgan fingerprint density at radius 2 is 0.862 bits per heavy atom. The zero-order chi connectivity index (χ0) is 72.7. The predicted molar refractivity (Wildman–Crippen MR) is 372 cm³/mol. The molecule has 0 aliphatic carbocycles. The molecule has 0 saturated carbocycles. The average molecular weight is 1350 g/mol. The Morgan fingerprint density at radius 1 is 0.457 bits per heavy atom.